The fourth-order valence-electron chi connectivity index (χ4n) is 3.08. The van der Waals surface area contributed by atoms with Gasteiger partial charge in [-0.1, -0.05) is 73.3 Å². The lowest BCUT2D eigenvalue weighted by atomic mass is 10.1. The van der Waals surface area contributed by atoms with E-state index < -0.39 is 10.0 Å². The second-order valence-electron chi connectivity index (χ2n) is 6.96. The summed E-state index contributed by atoms with van der Waals surface area (Å²) >= 11 is 5.88. The van der Waals surface area contributed by atoms with E-state index in [1.165, 1.54) is 12.1 Å². The summed E-state index contributed by atoms with van der Waals surface area (Å²) < 4.78 is 30.1. The molecule has 0 bridgehead atoms. The zero-order chi connectivity index (χ0) is 20.7. The minimum absolute atomic E-state index is 0.200. The van der Waals surface area contributed by atoms with Crippen molar-refractivity contribution in [2.75, 3.05) is 0 Å². The van der Waals surface area contributed by atoms with E-state index in [2.05, 4.69) is 22.0 Å². The van der Waals surface area contributed by atoms with Crippen LogP contribution < -0.4 is 4.72 Å². The van der Waals surface area contributed by atoms with Gasteiger partial charge in [-0.05, 0) is 30.7 Å². The van der Waals surface area contributed by atoms with E-state index in [1.54, 1.807) is 16.8 Å². The van der Waals surface area contributed by atoms with Crippen LogP contribution in [0.1, 0.15) is 32.6 Å². The monoisotopic (exact) mass is 432 g/mol. The first kappa shape index (κ1) is 21.5. The van der Waals surface area contributed by atoms with E-state index in [0.717, 1.165) is 36.9 Å². The lowest BCUT2D eigenvalue weighted by molar-refractivity contribution is 0.427. The molecule has 1 N–H and O–H groups in total. The smallest absolute Gasteiger partial charge is 0.240 e. The Kier molecular flexibility index (Phi) is 7.41. The molecule has 0 saturated heterocycles. The summed E-state index contributed by atoms with van der Waals surface area (Å²) in [5, 5.41) is 8.91. The maximum Gasteiger partial charge on any atom is 0.240 e. The highest BCUT2D eigenvalue weighted by Gasteiger charge is 2.21. The second-order valence-corrected chi connectivity index (χ2v) is 9.11. The molecule has 29 heavy (non-hydrogen) atoms. The van der Waals surface area contributed by atoms with E-state index in [1.807, 2.05) is 36.5 Å². The lowest BCUT2D eigenvalue weighted by Gasteiger charge is -2.18. The van der Waals surface area contributed by atoms with Crippen LogP contribution in [0.2, 0.25) is 5.02 Å². The van der Waals surface area contributed by atoms with Crippen molar-refractivity contribution in [1.82, 2.24) is 19.7 Å². The Morgan fingerprint density at radius 2 is 1.79 bits per heavy atom. The van der Waals surface area contributed by atoms with Crippen LogP contribution in [-0.4, -0.2) is 29.5 Å². The van der Waals surface area contributed by atoms with Crippen molar-refractivity contribution in [2.45, 2.75) is 50.1 Å². The van der Waals surface area contributed by atoms with Crippen LogP contribution in [0.25, 0.3) is 11.3 Å². The van der Waals surface area contributed by atoms with Crippen molar-refractivity contribution in [3.8, 4) is 11.3 Å². The highest BCUT2D eigenvalue weighted by molar-refractivity contribution is 7.89. The first-order valence-electron chi connectivity index (χ1n) is 9.71. The Morgan fingerprint density at radius 3 is 2.48 bits per heavy atom. The van der Waals surface area contributed by atoms with E-state index >= 15 is 0 Å². The van der Waals surface area contributed by atoms with Gasteiger partial charge in [0.05, 0.1) is 17.6 Å². The van der Waals surface area contributed by atoms with Crippen LogP contribution in [0.15, 0.2) is 65.7 Å². The number of halogens is 1. The van der Waals surface area contributed by atoms with Crippen LogP contribution in [0, 0.1) is 0 Å². The average Bonchev–Trinajstić information content (AvgIpc) is 3.17. The minimum Gasteiger partial charge on any atom is -0.250 e. The maximum absolute atomic E-state index is 12.8. The van der Waals surface area contributed by atoms with E-state index in [9.17, 15) is 8.42 Å². The van der Waals surface area contributed by atoms with Crippen LogP contribution in [0.4, 0.5) is 0 Å². The number of sulfonamides is 1. The molecular formula is C21H25ClN4O2S. The molecule has 0 aliphatic carbocycles. The summed E-state index contributed by atoms with van der Waals surface area (Å²) in [4.78, 5) is 0.200. The Bertz CT molecular complexity index is 1000. The van der Waals surface area contributed by atoms with Gasteiger partial charge in [0.25, 0.3) is 0 Å². The predicted octanol–water partition coefficient (Wildman–Crippen LogP) is 4.53. The van der Waals surface area contributed by atoms with Gasteiger partial charge in [0.1, 0.15) is 5.69 Å². The molecule has 1 heterocycles. The van der Waals surface area contributed by atoms with Crippen molar-refractivity contribution in [3.05, 3.63) is 65.8 Å². The molecule has 3 aromatic rings. The van der Waals surface area contributed by atoms with Gasteiger partial charge >= 0.3 is 0 Å². The molecule has 0 radical (unpaired) electrons. The fourth-order valence-corrected chi connectivity index (χ4v) is 4.47. The molecule has 0 amide bonds. The Hall–Kier alpha value is -2.22. The van der Waals surface area contributed by atoms with Crippen LogP contribution in [0.3, 0.4) is 0 Å². The minimum atomic E-state index is -3.65. The van der Waals surface area contributed by atoms with Gasteiger partial charge in [-0.25, -0.2) is 13.1 Å². The van der Waals surface area contributed by atoms with E-state index in [0.29, 0.717) is 11.6 Å². The molecule has 154 valence electrons. The van der Waals surface area contributed by atoms with Crippen LogP contribution >= 0.6 is 11.6 Å². The van der Waals surface area contributed by atoms with Crippen molar-refractivity contribution in [3.63, 3.8) is 0 Å². The fraction of sp³-hybridized carbons (Fsp3) is 0.333. The quantitative estimate of drug-likeness (QED) is 0.477. The van der Waals surface area contributed by atoms with Crippen molar-refractivity contribution in [2.24, 2.45) is 0 Å². The Balaban J connectivity index is 1.75. The number of hydrogen-bond donors (Lipinski definition) is 1. The molecule has 1 aromatic heterocycles. The van der Waals surface area contributed by atoms with Crippen molar-refractivity contribution >= 4 is 21.6 Å². The molecule has 0 saturated carbocycles. The van der Waals surface area contributed by atoms with Gasteiger partial charge in [-0.3, -0.25) is 4.68 Å². The Morgan fingerprint density at radius 1 is 1.07 bits per heavy atom. The number of nitrogens with zero attached hydrogens (tertiary/aromatic N) is 3. The third kappa shape index (κ3) is 6.13. The molecule has 2 aromatic carbocycles. The standard InChI is InChI=1S/C21H25ClN4O2S/c1-2-3-5-10-19(24-29(27,28)20-13-11-18(22)12-14-20)15-26-16-21(23-25-26)17-8-6-4-7-9-17/h4,6-9,11-14,16,19,24H,2-3,5,10,15H2,1H3. The zero-order valence-corrected chi connectivity index (χ0v) is 17.9. The third-order valence-electron chi connectivity index (χ3n) is 4.62. The van der Waals surface area contributed by atoms with E-state index in [-0.39, 0.29) is 10.9 Å². The molecule has 0 spiro atoms. The van der Waals surface area contributed by atoms with Gasteiger partial charge in [0.15, 0.2) is 0 Å². The predicted molar refractivity (Wildman–Crippen MR) is 115 cm³/mol. The topological polar surface area (TPSA) is 76.9 Å². The van der Waals surface area contributed by atoms with E-state index in [4.69, 9.17) is 11.6 Å². The number of unbranched alkanes of at least 4 members (excludes halogenated alkanes) is 2. The van der Waals surface area contributed by atoms with Crippen LogP contribution in [0.5, 0.6) is 0 Å². The molecule has 8 heteroatoms. The molecule has 0 aliphatic heterocycles. The number of aromatic nitrogens is 3. The molecular weight excluding hydrogens is 408 g/mol. The summed E-state index contributed by atoms with van der Waals surface area (Å²) in [6, 6.07) is 15.7. The summed E-state index contributed by atoms with van der Waals surface area (Å²) in [5.41, 5.74) is 1.74. The number of rotatable bonds is 10. The zero-order valence-electron chi connectivity index (χ0n) is 16.3. The first-order valence-corrected chi connectivity index (χ1v) is 11.6. The van der Waals surface area contributed by atoms with Gasteiger partial charge in [-0.15, -0.1) is 5.10 Å². The second kappa shape index (κ2) is 10.0. The number of benzene rings is 2. The number of hydrogen-bond acceptors (Lipinski definition) is 4. The van der Waals surface area contributed by atoms with Gasteiger partial charge < -0.3 is 0 Å². The summed E-state index contributed by atoms with van der Waals surface area (Å²) in [6.45, 7) is 2.53. The SMILES string of the molecule is CCCCCC(Cn1cc(-c2ccccc2)nn1)NS(=O)(=O)c1ccc(Cl)cc1. The molecule has 3 rings (SSSR count). The highest BCUT2D eigenvalue weighted by atomic mass is 35.5. The van der Waals surface area contributed by atoms with Gasteiger partial charge in [0.2, 0.25) is 10.0 Å². The van der Waals surface area contributed by atoms with Crippen molar-refractivity contribution in [1.29, 1.82) is 0 Å². The third-order valence-corrected chi connectivity index (χ3v) is 6.41. The average molecular weight is 433 g/mol. The largest absolute Gasteiger partial charge is 0.250 e. The lowest BCUT2D eigenvalue weighted by Crippen LogP contribution is -2.38. The van der Waals surface area contributed by atoms with Crippen LogP contribution in [-0.2, 0) is 16.6 Å². The first-order chi connectivity index (χ1) is 14.0. The molecule has 0 aliphatic rings. The summed E-state index contributed by atoms with van der Waals surface area (Å²) in [6.07, 6.45) is 5.62. The normalized spacial score (nSPS) is 12.8. The molecule has 0 fully saturated rings. The maximum atomic E-state index is 12.8. The van der Waals surface area contributed by atoms with Crippen molar-refractivity contribution < 1.29 is 8.42 Å². The molecule has 6 nitrogen and oxygen atoms in total. The van der Waals surface area contributed by atoms with Gasteiger partial charge in [0, 0.05) is 16.6 Å². The molecule has 1 atom stereocenters. The Labute approximate surface area is 177 Å². The summed E-state index contributed by atoms with van der Waals surface area (Å²) in [5.74, 6) is 0. The highest BCUT2D eigenvalue weighted by Crippen LogP contribution is 2.18. The molecule has 1 unspecified atom stereocenters. The number of nitrogens with one attached hydrogen (secondary N) is 1. The van der Waals surface area contributed by atoms with Gasteiger partial charge in [-0.2, -0.15) is 0 Å². The summed E-state index contributed by atoms with van der Waals surface area (Å²) in [7, 11) is -3.65.